The SMILES string of the molecule is CCCC(C)CO[C]=O. The van der Waals surface area contributed by atoms with E-state index in [2.05, 4.69) is 18.6 Å². The summed E-state index contributed by atoms with van der Waals surface area (Å²) in [6.45, 7) is 6.09. The Morgan fingerprint density at radius 3 is 2.78 bits per heavy atom. The summed E-state index contributed by atoms with van der Waals surface area (Å²) in [5.74, 6) is 0.483. The molecule has 9 heavy (non-hydrogen) atoms. The van der Waals surface area contributed by atoms with Crippen LogP contribution >= 0.6 is 0 Å². The highest BCUT2D eigenvalue weighted by molar-refractivity contribution is 5.38. The summed E-state index contributed by atoms with van der Waals surface area (Å²) in [6.07, 6.45) is 2.26. The lowest BCUT2D eigenvalue weighted by Gasteiger charge is -2.05. The molecule has 0 saturated carbocycles. The zero-order valence-corrected chi connectivity index (χ0v) is 6.02. The highest BCUT2D eigenvalue weighted by Gasteiger charge is 1.98. The van der Waals surface area contributed by atoms with Crippen molar-refractivity contribution in [1.82, 2.24) is 0 Å². The molecule has 0 aliphatic rings. The van der Waals surface area contributed by atoms with Crippen molar-refractivity contribution in [3.8, 4) is 0 Å². The van der Waals surface area contributed by atoms with Gasteiger partial charge in [0.25, 0.3) is 0 Å². The minimum atomic E-state index is 0.483. The van der Waals surface area contributed by atoms with Crippen LogP contribution in [0.5, 0.6) is 0 Å². The normalized spacial score (nSPS) is 12.7. The van der Waals surface area contributed by atoms with Crippen LogP contribution in [-0.4, -0.2) is 13.1 Å². The van der Waals surface area contributed by atoms with E-state index in [0.29, 0.717) is 12.5 Å². The van der Waals surface area contributed by atoms with Gasteiger partial charge in [0, 0.05) is 0 Å². The number of hydrogen-bond acceptors (Lipinski definition) is 2. The summed E-state index contributed by atoms with van der Waals surface area (Å²) in [5, 5.41) is 0. The second-order valence-corrected chi connectivity index (χ2v) is 2.29. The second kappa shape index (κ2) is 5.60. The Morgan fingerprint density at radius 2 is 2.33 bits per heavy atom. The molecule has 1 unspecified atom stereocenters. The molecular formula is C7H13O2. The average molecular weight is 129 g/mol. The van der Waals surface area contributed by atoms with Gasteiger partial charge in [-0.15, -0.1) is 0 Å². The fraction of sp³-hybridized carbons (Fsp3) is 0.857. The summed E-state index contributed by atoms with van der Waals surface area (Å²) in [5.41, 5.74) is 0. The monoisotopic (exact) mass is 129 g/mol. The molecule has 0 aromatic carbocycles. The second-order valence-electron chi connectivity index (χ2n) is 2.29. The van der Waals surface area contributed by atoms with Crippen LogP contribution in [0.2, 0.25) is 0 Å². The van der Waals surface area contributed by atoms with Gasteiger partial charge in [0.1, 0.15) is 0 Å². The molecule has 0 saturated heterocycles. The number of hydrogen-bond donors (Lipinski definition) is 0. The Labute approximate surface area is 56.2 Å². The van der Waals surface area contributed by atoms with Gasteiger partial charge in [0.2, 0.25) is 0 Å². The van der Waals surface area contributed by atoms with Gasteiger partial charge in [0.15, 0.2) is 0 Å². The molecule has 0 bridgehead atoms. The Bertz CT molecular complexity index is 71.3. The van der Waals surface area contributed by atoms with Crippen molar-refractivity contribution in [1.29, 1.82) is 0 Å². The summed E-state index contributed by atoms with van der Waals surface area (Å²) in [7, 11) is 0. The third kappa shape index (κ3) is 5.34. The van der Waals surface area contributed by atoms with Crippen molar-refractivity contribution in [3.05, 3.63) is 0 Å². The molecule has 0 aromatic rings. The highest BCUT2D eigenvalue weighted by Crippen LogP contribution is 2.03. The molecule has 0 aliphatic carbocycles. The molecule has 1 atom stereocenters. The maximum atomic E-state index is 9.57. The first-order chi connectivity index (χ1) is 4.31. The Morgan fingerprint density at radius 1 is 1.67 bits per heavy atom. The first-order valence-electron chi connectivity index (χ1n) is 3.30. The van der Waals surface area contributed by atoms with Crippen LogP contribution in [-0.2, 0) is 9.53 Å². The standard InChI is InChI=1S/C7H13O2/c1-3-4-7(2)5-9-6-8/h7H,3-5H2,1-2H3. The molecule has 0 rings (SSSR count). The van der Waals surface area contributed by atoms with E-state index in [1.165, 1.54) is 6.47 Å². The van der Waals surface area contributed by atoms with Crippen molar-refractivity contribution in [3.63, 3.8) is 0 Å². The van der Waals surface area contributed by atoms with Gasteiger partial charge in [-0.3, -0.25) is 0 Å². The molecule has 0 spiro atoms. The maximum absolute atomic E-state index is 9.57. The van der Waals surface area contributed by atoms with Gasteiger partial charge < -0.3 is 4.74 Å². The van der Waals surface area contributed by atoms with Crippen LogP contribution in [0.3, 0.4) is 0 Å². The van der Waals surface area contributed by atoms with Gasteiger partial charge in [0.05, 0.1) is 6.61 Å². The first-order valence-corrected chi connectivity index (χ1v) is 3.30. The van der Waals surface area contributed by atoms with Crippen molar-refractivity contribution >= 4 is 6.47 Å². The van der Waals surface area contributed by atoms with Crippen molar-refractivity contribution < 1.29 is 9.53 Å². The molecule has 0 N–H and O–H groups in total. The van der Waals surface area contributed by atoms with Gasteiger partial charge in [-0.1, -0.05) is 20.3 Å². The fourth-order valence-corrected chi connectivity index (χ4v) is 0.752. The lowest BCUT2D eigenvalue weighted by atomic mass is 10.1. The van der Waals surface area contributed by atoms with Crippen LogP contribution in [0.1, 0.15) is 26.7 Å². The van der Waals surface area contributed by atoms with Crippen LogP contribution < -0.4 is 0 Å². The molecule has 0 aromatic heterocycles. The van der Waals surface area contributed by atoms with Crippen LogP contribution in [0, 0.1) is 5.92 Å². The summed E-state index contributed by atoms with van der Waals surface area (Å²) < 4.78 is 4.44. The van der Waals surface area contributed by atoms with E-state index in [1.54, 1.807) is 0 Å². The lowest BCUT2D eigenvalue weighted by molar-refractivity contribution is 0.225. The summed E-state index contributed by atoms with van der Waals surface area (Å²) in [6, 6.07) is 0. The first kappa shape index (κ1) is 8.47. The topological polar surface area (TPSA) is 26.3 Å². The highest BCUT2D eigenvalue weighted by atomic mass is 16.5. The van der Waals surface area contributed by atoms with Gasteiger partial charge in [-0.25, -0.2) is 4.79 Å². The quantitative estimate of drug-likeness (QED) is 0.562. The molecule has 1 radical (unpaired) electrons. The largest absolute Gasteiger partial charge is 0.457 e. The van der Waals surface area contributed by atoms with Gasteiger partial charge >= 0.3 is 6.47 Å². The fourth-order valence-electron chi connectivity index (χ4n) is 0.752. The zero-order chi connectivity index (χ0) is 7.11. The van der Waals surface area contributed by atoms with E-state index in [4.69, 9.17) is 0 Å². The predicted octanol–water partition coefficient (Wildman–Crippen LogP) is 1.51. The maximum Gasteiger partial charge on any atom is 0.417 e. The van der Waals surface area contributed by atoms with E-state index in [0.717, 1.165) is 12.8 Å². The van der Waals surface area contributed by atoms with E-state index in [1.807, 2.05) is 0 Å². The number of carbonyl (C=O) groups excluding carboxylic acids is 1. The molecular weight excluding hydrogens is 116 g/mol. The van der Waals surface area contributed by atoms with Crippen molar-refractivity contribution in [2.45, 2.75) is 26.7 Å². The molecule has 2 nitrogen and oxygen atoms in total. The van der Waals surface area contributed by atoms with Crippen molar-refractivity contribution in [2.24, 2.45) is 5.92 Å². The molecule has 2 heteroatoms. The Hall–Kier alpha value is -0.530. The molecule has 0 aliphatic heterocycles. The minimum Gasteiger partial charge on any atom is -0.457 e. The van der Waals surface area contributed by atoms with E-state index in [9.17, 15) is 4.79 Å². The third-order valence-corrected chi connectivity index (χ3v) is 1.21. The number of rotatable bonds is 5. The average Bonchev–Trinajstić information content (AvgIpc) is 1.85. The van der Waals surface area contributed by atoms with Gasteiger partial charge in [-0.05, 0) is 12.3 Å². The van der Waals surface area contributed by atoms with Crippen LogP contribution in [0.15, 0.2) is 0 Å². The summed E-state index contributed by atoms with van der Waals surface area (Å²) >= 11 is 0. The third-order valence-electron chi connectivity index (χ3n) is 1.21. The number of ether oxygens (including phenoxy) is 1. The summed E-state index contributed by atoms with van der Waals surface area (Å²) in [4.78, 5) is 9.57. The Kier molecular flexibility index (Phi) is 5.27. The van der Waals surface area contributed by atoms with Crippen molar-refractivity contribution in [2.75, 3.05) is 6.61 Å². The Balaban J connectivity index is 3.04. The van der Waals surface area contributed by atoms with Crippen LogP contribution in [0.25, 0.3) is 0 Å². The smallest absolute Gasteiger partial charge is 0.417 e. The minimum absolute atomic E-state index is 0.483. The molecule has 53 valence electrons. The van der Waals surface area contributed by atoms with E-state index < -0.39 is 0 Å². The van der Waals surface area contributed by atoms with Gasteiger partial charge in [-0.2, -0.15) is 0 Å². The van der Waals surface area contributed by atoms with E-state index >= 15 is 0 Å². The van der Waals surface area contributed by atoms with Crippen LogP contribution in [0.4, 0.5) is 0 Å². The molecule has 0 amide bonds. The molecule has 0 fully saturated rings. The predicted molar refractivity (Wildman–Crippen MR) is 35.7 cm³/mol. The zero-order valence-electron chi connectivity index (χ0n) is 6.02. The lowest BCUT2D eigenvalue weighted by Crippen LogP contribution is -2.03. The molecule has 0 heterocycles. The van der Waals surface area contributed by atoms with E-state index in [-0.39, 0.29) is 0 Å².